The van der Waals surface area contributed by atoms with Gasteiger partial charge in [0.15, 0.2) is 0 Å². The van der Waals surface area contributed by atoms with Crippen molar-refractivity contribution in [1.82, 2.24) is 4.98 Å². The Morgan fingerprint density at radius 2 is 1.23 bits per heavy atom. The molecule has 0 atom stereocenters. The van der Waals surface area contributed by atoms with Crippen LogP contribution in [0.1, 0.15) is 11.1 Å². The Balaban J connectivity index is 1.67. The van der Waals surface area contributed by atoms with Gasteiger partial charge in [0.2, 0.25) is 0 Å². The fourth-order valence-corrected chi connectivity index (χ4v) is 4.29. The van der Waals surface area contributed by atoms with Crippen LogP contribution in [0.25, 0.3) is 45.7 Å². The average Bonchev–Trinajstić information content (AvgIpc) is 3.27. The first kappa shape index (κ1) is 13.8. The van der Waals surface area contributed by atoms with E-state index in [9.17, 15) is 0 Å². The Labute approximate surface area is 151 Å². The molecule has 0 saturated heterocycles. The lowest BCUT2D eigenvalue weighted by Crippen LogP contribution is -2.25. The van der Waals surface area contributed by atoms with E-state index in [4.69, 9.17) is 0 Å². The molecule has 120 valence electrons. The van der Waals surface area contributed by atoms with E-state index in [0.29, 0.717) is 0 Å². The van der Waals surface area contributed by atoms with Gasteiger partial charge in [0.25, 0.3) is 0 Å². The van der Waals surface area contributed by atoms with E-state index in [2.05, 4.69) is 77.8 Å². The highest BCUT2D eigenvalue weighted by molar-refractivity contribution is 5.93. The summed E-state index contributed by atoms with van der Waals surface area (Å²) in [5, 5.41) is 2.67. The SMILES string of the molecule is C1=c2c(ccc3c2=Cc2c(-c4ccccn4)cccc2-3)-c2ccccc21. The summed E-state index contributed by atoms with van der Waals surface area (Å²) < 4.78 is 0. The van der Waals surface area contributed by atoms with Crippen molar-refractivity contribution in [1.29, 1.82) is 0 Å². The molecule has 0 bridgehead atoms. The molecule has 0 amide bonds. The van der Waals surface area contributed by atoms with Crippen molar-refractivity contribution >= 4 is 12.2 Å². The van der Waals surface area contributed by atoms with Crippen molar-refractivity contribution in [3.8, 4) is 33.5 Å². The second-order valence-corrected chi connectivity index (χ2v) is 6.85. The van der Waals surface area contributed by atoms with Crippen molar-refractivity contribution in [3.05, 3.63) is 101 Å². The molecule has 26 heavy (non-hydrogen) atoms. The van der Waals surface area contributed by atoms with E-state index in [1.807, 2.05) is 18.3 Å². The Hall–Kier alpha value is -3.45. The number of hydrogen-bond acceptors (Lipinski definition) is 1. The second-order valence-electron chi connectivity index (χ2n) is 6.85. The van der Waals surface area contributed by atoms with Gasteiger partial charge in [-0.25, -0.2) is 0 Å². The third kappa shape index (κ3) is 1.77. The zero-order chi connectivity index (χ0) is 17.1. The number of pyridine rings is 1. The summed E-state index contributed by atoms with van der Waals surface area (Å²) in [6.45, 7) is 0. The lowest BCUT2D eigenvalue weighted by atomic mass is 9.97. The van der Waals surface area contributed by atoms with Crippen molar-refractivity contribution in [2.75, 3.05) is 0 Å². The third-order valence-corrected chi connectivity index (χ3v) is 5.46. The van der Waals surface area contributed by atoms with Gasteiger partial charge in [-0.05, 0) is 68.1 Å². The molecule has 0 radical (unpaired) electrons. The largest absolute Gasteiger partial charge is 0.256 e. The fourth-order valence-electron chi connectivity index (χ4n) is 4.29. The Kier molecular flexibility index (Phi) is 2.67. The predicted octanol–water partition coefficient (Wildman–Crippen LogP) is 4.37. The van der Waals surface area contributed by atoms with E-state index < -0.39 is 0 Å². The lowest BCUT2D eigenvalue weighted by Gasteiger charge is -2.08. The van der Waals surface area contributed by atoms with Crippen LogP contribution in [0.2, 0.25) is 0 Å². The third-order valence-electron chi connectivity index (χ3n) is 5.46. The summed E-state index contributed by atoms with van der Waals surface area (Å²) in [5.41, 5.74) is 10.1. The minimum atomic E-state index is 1.03. The maximum atomic E-state index is 4.57. The van der Waals surface area contributed by atoms with E-state index in [-0.39, 0.29) is 0 Å². The summed E-state index contributed by atoms with van der Waals surface area (Å²) in [7, 11) is 0. The van der Waals surface area contributed by atoms with Gasteiger partial charge in [0, 0.05) is 11.8 Å². The quantitative estimate of drug-likeness (QED) is 0.436. The van der Waals surface area contributed by atoms with Crippen LogP contribution in [-0.2, 0) is 0 Å². The fraction of sp³-hybridized carbons (Fsp3) is 0. The van der Waals surface area contributed by atoms with Crippen LogP contribution in [0.4, 0.5) is 0 Å². The van der Waals surface area contributed by atoms with Crippen molar-refractivity contribution < 1.29 is 0 Å². The molecule has 2 aliphatic carbocycles. The van der Waals surface area contributed by atoms with Crippen molar-refractivity contribution in [2.24, 2.45) is 0 Å². The highest BCUT2D eigenvalue weighted by Gasteiger charge is 2.20. The van der Waals surface area contributed by atoms with E-state index in [0.717, 1.165) is 5.69 Å². The normalized spacial score (nSPS) is 12.5. The van der Waals surface area contributed by atoms with Gasteiger partial charge >= 0.3 is 0 Å². The molecule has 0 aliphatic heterocycles. The minimum Gasteiger partial charge on any atom is -0.256 e. The molecular formula is C25H15N. The van der Waals surface area contributed by atoms with Crippen molar-refractivity contribution in [3.63, 3.8) is 0 Å². The number of rotatable bonds is 1. The number of hydrogen-bond donors (Lipinski definition) is 0. The number of fused-ring (bicyclic) bond motifs is 7. The van der Waals surface area contributed by atoms with Crippen LogP contribution in [0.5, 0.6) is 0 Å². The highest BCUT2D eigenvalue weighted by atomic mass is 14.7. The first-order valence-electron chi connectivity index (χ1n) is 8.91. The highest BCUT2D eigenvalue weighted by Crippen LogP contribution is 2.35. The summed E-state index contributed by atoms with van der Waals surface area (Å²) in [4.78, 5) is 4.57. The molecule has 3 aromatic carbocycles. The van der Waals surface area contributed by atoms with Gasteiger partial charge in [-0.15, -0.1) is 0 Å². The average molecular weight is 329 g/mol. The predicted molar refractivity (Wildman–Crippen MR) is 107 cm³/mol. The van der Waals surface area contributed by atoms with Crippen LogP contribution in [0.3, 0.4) is 0 Å². The first-order chi connectivity index (χ1) is 12.9. The molecule has 4 aromatic rings. The summed E-state index contributed by atoms with van der Waals surface area (Å²) in [6.07, 6.45) is 6.53. The molecule has 0 fully saturated rings. The molecule has 1 heteroatoms. The molecule has 2 aliphatic rings. The van der Waals surface area contributed by atoms with E-state index in [1.165, 1.54) is 49.4 Å². The smallest absolute Gasteiger partial charge is 0.0708 e. The monoisotopic (exact) mass is 329 g/mol. The number of benzene rings is 3. The molecule has 1 heterocycles. The summed E-state index contributed by atoms with van der Waals surface area (Å²) in [5.74, 6) is 0. The van der Waals surface area contributed by atoms with Gasteiger partial charge < -0.3 is 0 Å². The van der Waals surface area contributed by atoms with E-state index >= 15 is 0 Å². The number of aromatic nitrogens is 1. The molecule has 0 spiro atoms. The zero-order valence-electron chi connectivity index (χ0n) is 14.1. The van der Waals surface area contributed by atoms with Crippen LogP contribution in [0, 0.1) is 0 Å². The van der Waals surface area contributed by atoms with Gasteiger partial charge in [0.05, 0.1) is 5.69 Å². The molecule has 6 rings (SSSR count). The second kappa shape index (κ2) is 5.03. The van der Waals surface area contributed by atoms with Crippen LogP contribution >= 0.6 is 0 Å². The maximum absolute atomic E-state index is 4.57. The Morgan fingerprint density at radius 1 is 0.500 bits per heavy atom. The summed E-state index contributed by atoms with van der Waals surface area (Å²) >= 11 is 0. The van der Waals surface area contributed by atoms with Crippen molar-refractivity contribution in [2.45, 2.75) is 0 Å². The molecule has 1 aromatic heterocycles. The maximum Gasteiger partial charge on any atom is 0.0708 e. The van der Waals surface area contributed by atoms with Crippen LogP contribution in [-0.4, -0.2) is 4.98 Å². The topological polar surface area (TPSA) is 12.9 Å². The van der Waals surface area contributed by atoms with Gasteiger partial charge in [0.1, 0.15) is 0 Å². The molecular weight excluding hydrogens is 314 g/mol. The molecule has 0 saturated carbocycles. The lowest BCUT2D eigenvalue weighted by molar-refractivity contribution is 1.32. The van der Waals surface area contributed by atoms with Gasteiger partial charge in [-0.1, -0.05) is 60.7 Å². The number of nitrogens with zero attached hydrogens (tertiary/aromatic N) is 1. The van der Waals surface area contributed by atoms with E-state index in [1.54, 1.807) is 0 Å². The molecule has 1 nitrogen and oxygen atoms in total. The summed E-state index contributed by atoms with van der Waals surface area (Å²) in [6, 6.07) is 25.8. The Morgan fingerprint density at radius 3 is 2.12 bits per heavy atom. The standard InChI is InChI=1S/C25H15N/c1-2-7-17-16(6-1)14-22-19(17)11-12-20-18-8-5-9-21(23(18)15-24(20)22)25-10-3-4-13-26-25/h1-15H. The minimum absolute atomic E-state index is 1.03. The van der Waals surface area contributed by atoms with Gasteiger partial charge in [-0.2, -0.15) is 0 Å². The molecule has 0 unspecified atom stereocenters. The molecule has 0 N–H and O–H groups in total. The Bertz CT molecular complexity index is 1310. The first-order valence-corrected chi connectivity index (χ1v) is 8.91. The zero-order valence-corrected chi connectivity index (χ0v) is 14.1. The van der Waals surface area contributed by atoms with Crippen LogP contribution < -0.4 is 10.4 Å². The van der Waals surface area contributed by atoms with Gasteiger partial charge in [-0.3, -0.25) is 4.98 Å². The van der Waals surface area contributed by atoms with Crippen LogP contribution in [0.15, 0.2) is 79.0 Å².